The fourth-order valence-electron chi connectivity index (χ4n) is 2.57. The van der Waals surface area contributed by atoms with Gasteiger partial charge in [-0.1, -0.05) is 17.4 Å². The van der Waals surface area contributed by atoms with Gasteiger partial charge in [-0.15, -0.1) is 0 Å². The van der Waals surface area contributed by atoms with Crippen molar-refractivity contribution < 1.29 is 22.4 Å². The number of hydrogen-bond acceptors (Lipinski definition) is 4. The highest BCUT2D eigenvalue weighted by Gasteiger charge is 2.31. The van der Waals surface area contributed by atoms with Gasteiger partial charge in [0.15, 0.2) is 5.13 Å². The Labute approximate surface area is 163 Å². The normalized spacial score (nSPS) is 12.0. The molecule has 0 aliphatic carbocycles. The molecule has 0 unspecified atom stereocenters. The van der Waals surface area contributed by atoms with Crippen LogP contribution in [0.15, 0.2) is 42.5 Å². The number of amides is 1. The van der Waals surface area contributed by atoms with Gasteiger partial charge in [0.2, 0.25) is 0 Å². The largest absolute Gasteiger partial charge is 0.416 e. The van der Waals surface area contributed by atoms with Gasteiger partial charge < -0.3 is 4.90 Å². The van der Waals surface area contributed by atoms with Gasteiger partial charge in [-0.05, 0) is 50.5 Å². The monoisotopic (exact) mass is 411 g/mol. The number of halogens is 4. The molecule has 148 valence electrons. The lowest BCUT2D eigenvalue weighted by atomic mass is 10.1. The second-order valence-corrected chi connectivity index (χ2v) is 7.46. The number of benzene rings is 2. The number of rotatable bonds is 5. The minimum absolute atomic E-state index is 0.0842. The predicted octanol–water partition coefficient (Wildman–Crippen LogP) is 4.66. The molecule has 0 fully saturated rings. The van der Waals surface area contributed by atoms with Crippen molar-refractivity contribution in [3.63, 3.8) is 0 Å². The molecule has 3 aromatic rings. The summed E-state index contributed by atoms with van der Waals surface area (Å²) in [5.74, 6) is -1.01. The van der Waals surface area contributed by atoms with E-state index in [1.165, 1.54) is 35.2 Å². The maximum atomic E-state index is 13.5. The Morgan fingerprint density at radius 1 is 1.11 bits per heavy atom. The van der Waals surface area contributed by atoms with Crippen molar-refractivity contribution in [2.75, 3.05) is 32.1 Å². The molecule has 0 spiro atoms. The molecule has 0 bridgehead atoms. The van der Waals surface area contributed by atoms with Crippen LogP contribution >= 0.6 is 11.3 Å². The van der Waals surface area contributed by atoms with E-state index in [0.717, 1.165) is 23.5 Å². The van der Waals surface area contributed by atoms with E-state index in [-0.39, 0.29) is 12.1 Å². The molecule has 1 amide bonds. The van der Waals surface area contributed by atoms with E-state index in [0.29, 0.717) is 21.9 Å². The van der Waals surface area contributed by atoms with Crippen molar-refractivity contribution in [3.8, 4) is 0 Å². The van der Waals surface area contributed by atoms with Crippen LogP contribution in [0.5, 0.6) is 0 Å². The molecule has 1 aromatic heterocycles. The van der Waals surface area contributed by atoms with Crippen LogP contribution in [0.3, 0.4) is 0 Å². The molecule has 0 atom stereocenters. The van der Waals surface area contributed by atoms with Crippen LogP contribution in [0.25, 0.3) is 10.2 Å². The molecule has 0 aliphatic rings. The first-order chi connectivity index (χ1) is 13.1. The van der Waals surface area contributed by atoms with E-state index >= 15 is 0 Å². The van der Waals surface area contributed by atoms with Gasteiger partial charge in [0.05, 0.1) is 15.8 Å². The highest BCUT2D eigenvalue weighted by Crippen LogP contribution is 2.32. The molecule has 1 heterocycles. The summed E-state index contributed by atoms with van der Waals surface area (Å²) >= 11 is 1.12. The number of fused-ring (bicyclic) bond motifs is 1. The first-order valence-electron chi connectivity index (χ1n) is 8.35. The first kappa shape index (κ1) is 20.2. The molecular formula is C19H17F4N3OS. The SMILES string of the molecule is CN(C)CCN(C(=O)c1cccc(C(F)(F)F)c1)c1nc2ccc(F)cc2s1. The lowest BCUT2D eigenvalue weighted by Gasteiger charge is -2.22. The maximum Gasteiger partial charge on any atom is 0.416 e. The predicted molar refractivity (Wildman–Crippen MR) is 101 cm³/mol. The van der Waals surface area contributed by atoms with Gasteiger partial charge in [0, 0.05) is 18.7 Å². The average molecular weight is 411 g/mol. The standard InChI is InChI=1S/C19H17F4N3OS/c1-25(2)8-9-26(18-24-15-7-6-14(20)11-16(15)28-18)17(27)12-4-3-5-13(10-12)19(21,22)23/h3-7,10-11H,8-9H2,1-2H3. The summed E-state index contributed by atoms with van der Waals surface area (Å²) in [4.78, 5) is 20.6. The van der Waals surface area contributed by atoms with Crippen LogP contribution in [0.1, 0.15) is 15.9 Å². The molecule has 0 N–H and O–H groups in total. The molecule has 4 nitrogen and oxygen atoms in total. The van der Waals surface area contributed by atoms with Crippen LogP contribution in [0, 0.1) is 5.82 Å². The number of carbonyl (C=O) groups is 1. The van der Waals surface area contributed by atoms with Crippen molar-refractivity contribution in [2.24, 2.45) is 0 Å². The van der Waals surface area contributed by atoms with Gasteiger partial charge in [-0.2, -0.15) is 13.2 Å². The van der Waals surface area contributed by atoms with E-state index in [1.54, 1.807) is 0 Å². The molecule has 0 radical (unpaired) electrons. The zero-order valence-corrected chi connectivity index (χ0v) is 15.9. The van der Waals surface area contributed by atoms with Gasteiger partial charge in [0.1, 0.15) is 5.82 Å². The Kier molecular flexibility index (Phi) is 5.66. The van der Waals surface area contributed by atoms with Crippen LogP contribution in [0.4, 0.5) is 22.7 Å². The summed E-state index contributed by atoms with van der Waals surface area (Å²) in [5.41, 5.74) is -0.454. The fraction of sp³-hybridized carbons (Fsp3) is 0.263. The molecular weight excluding hydrogens is 394 g/mol. The van der Waals surface area contributed by atoms with Crippen molar-refractivity contribution in [3.05, 3.63) is 59.4 Å². The van der Waals surface area contributed by atoms with Crippen LogP contribution < -0.4 is 4.90 Å². The summed E-state index contributed by atoms with van der Waals surface area (Å²) in [7, 11) is 3.64. The summed E-state index contributed by atoms with van der Waals surface area (Å²) in [6.07, 6.45) is -4.54. The number of aromatic nitrogens is 1. The number of nitrogens with zero attached hydrogens (tertiary/aromatic N) is 3. The number of likely N-dealkylation sites (N-methyl/N-ethyl adjacent to an activating group) is 1. The quantitative estimate of drug-likeness (QED) is 0.573. The Morgan fingerprint density at radius 2 is 1.86 bits per heavy atom. The smallest absolute Gasteiger partial charge is 0.308 e. The van der Waals surface area contributed by atoms with Crippen LogP contribution in [-0.4, -0.2) is 43.0 Å². The topological polar surface area (TPSA) is 36.4 Å². The molecule has 0 aliphatic heterocycles. The minimum atomic E-state index is -4.54. The second kappa shape index (κ2) is 7.84. The highest BCUT2D eigenvalue weighted by atomic mass is 32.1. The zero-order chi connectivity index (χ0) is 20.5. The Bertz CT molecular complexity index is 1000. The second-order valence-electron chi connectivity index (χ2n) is 6.45. The summed E-state index contributed by atoms with van der Waals surface area (Å²) in [6.45, 7) is 0.708. The number of anilines is 1. The molecule has 2 aromatic carbocycles. The van der Waals surface area contributed by atoms with E-state index in [1.807, 2.05) is 19.0 Å². The molecule has 28 heavy (non-hydrogen) atoms. The van der Waals surface area contributed by atoms with Gasteiger partial charge >= 0.3 is 6.18 Å². The number of hydrogen-bond donors (Lipinski definition) is 0. The zero-order valence-electron chi connectivity index (χ0n) is 15.1. The van der Waals surface area contributed by atoms with Gasteiger partial charge in [0.25, 0.3) is 5.91 Å². The van der Waals surface area contributed by atoms with Gasteiger partial charge in [-0.3, -0.25) is 9.69 Å². The van der Waals surface area contributed by atoms with Crippen LogP contribution in [-0.2, 0) is 6.18 Å². The highest BCUT2D eigenvalue weighted by molar-refractivity contribution is 7.22. The first-order valence-corrected chi connectivity index (χ1v) is 9.17. The number of thiazole rings is 1. The Morgan fingerprint density at radius 3 is 2.54 bits per heavy atom. The third-order valence-electron chi connectivity index (χ3n) is 4.02. The summed E-state index contributed by atoms with van der Waals surface area (Å²) in [5, 5.41) is 0.310. The fourth-order valence-corrected chi connectivity index (χ4v) is 3.59. The van der Waals surface area contributed by atoms with E-state index in [9.17, 15) is 22.4 Å². The van der Waals surface area contributed by atoms with Crippen LogP contribution in [0.2, 0.25) is 0 Å². The summed E-state index contributed by atoms with van der Waals surface area (Å²) in [6, 6.07) is 8.38. The third kappa shape index (κ3) is 4.48. The van der Waals surface area contributed by atoms with Crippen molar-refractivity contribution >= 4 is 32.6 Å². The molecule has 0 saturated carbocycles. The number of carbonyl (C=O) groups excluding carboxylic acids is 1. The maximum absolute atomic E-state index is 13.5. The lowest BCUT2D eigenvalue weighted by Crippen LogP contribution is -2.36. The summed E-state index contributed by atoms with van der Waals surface area (Å²) < 4.78 is 53.1. The van der Waals surface area contributed by atoms with Crippen molar-refractivity contribution in [1.82, 2.24) is 9.88 Å². The molecule has 0 saturated heterocycles. The Balaban J connectivity index is 2.00. The van der Waals surface area contributed by atoms with E-state index in [2.05, 4.69) is 4.98 Å². The Hall–Kier alpha value is -2.52. The van der Waals surface area contributed by atoms with E-state index < -0.39 is 23.5 Å². The average Bonchev–Trinajstić information content (AvgIpc) is 3.03. The van der Waals surface area contributed by atoms with E-state index in [4.69, 9.17) is 0 Å². The minimum Gasteiger partial charge on any atom is -0.308 e. The van der Waals surface area contributed by atoms with Crippen molar-refractivity contribution in [2.45, 2.75) is 6.18 Å². The van der Waals surface area contributed by atoms with Gasteiger partial charge in [-0.25, -0.2) is 9.37 Å². The molecule has 3 rings (SSSR count). The van der Waals surface area contributed by atoms with Crippen molar-refractivity contribution in [1.29, 1.82) is 0 Å². The third-order valence-corrected chi connectivity index (χ3v) is 5.06. The molecule has 9 heteroatoms. The lowest BCUT2D eigenvalue weighted by molar-refractivity contribution is -0.137. The number of alkyl halides is 3.